The van der Waals surface area contributed by atoms with Crippen LogP contribution in [0.1, 0.15) is 23.0 Å². The van der Waals surface area contributed by atoms with Gasteiger partial charge in [-0.15, -0.1) is 0 Å². The zero-order valence-electron chi connectivity index (χ0n) is 33.0. The quantitative estimate of drug-likeness (QED) is 0.320. The number of Topliss-reactive ketones (excluding diaryl/α,β-unsaturated/α-hetero) is 2. The molecule has 18 nitrogen and oxygen atoms in total. The Kier molecular flexibility index (Phi) is 19.5. The normalized spacial score (nSPS) is 23.5. The third-order valence-electron chi connectivity index (χ3n) is 9.69. The fraction of sp³-hybridized carbons (Fsp3) is 0.650. The first kappa shape index (κ1) is 45.3. The van der Waals surface area contributed by atoms with E-state index in [4.69, 9.17) is 47.4 Å². The second-order valence-electron chi connectivity index (χ2n) is 13.6. The molecule has 2 aliphatic heterocycles. The highest BCUT2D eigenvalue weighted by atomic mass is 16.6. The topological polar surface area (TPSA) is 214 Å². The van der Waals surface area contributed by atoms with E-state index >= 15 is 0 Å². The summed E-state index contributed by atoms with van der Waals surface area (Å²) < 4.78 is 55.9. The Balaban J connectivity index is 1.24. The van der Waals surface area contributed by atoms with Crippen molar-refractivity contribution < 1.29 is 77.4 Å². The Morgan fingerprint density at radius 1 is 0.345 bits per heavy atom. The standard InChI is InChI=1S/C40H58N2O16/c43-31-25-29(41-1-5-49-9-13-53-17-21-57-22-18-54-14-10-50-6-2-41)26-32(44)35(31)37-39(47)38(40(37)48)36-33(45)27-30(28-34(36)46)42-3-7-51-11-15-55-19-23-58-24-20-56-16-12-52-8-4-42/h25-28,37-38,43-46H,1-24H2. The molecule has 0 spiro atoms. The lowest BCUT2D eigenvalue weighted by molar-refractivity contribution is -0.142. The van der Waals surface area contributed by atoms with Gasteiger partial charge in [-0.3, -0.25) is 9.59 Å². The number of phenols is 4. The number of aromatic hydroxyl groups is 4. The van der Waals surface area contributed by atoms with Crippen LogP contribution in [0.25, 0.3) is 0 Å². The largest absolute Gasteiger partial charge is 0.507 e. The molecule has 58 heavy (non-hydrogen) atoms. The highest BCUT2D eigenvalue weighted by Crippen LogP contribution is 2.52. The lowest BCUT2D eigenvalue weighted by Crippen LogP contribution is -2.44. The van der Waals surface area contributed by atoms with Gasteiger partial charge in [-0.1, -0.05) is 0 Å². The van der Waals surface area contributed by atoms with Gasteiger partial charge in [-0.2, -0.15) is 0 Å². The molecule has 1 aliphatic carbocycles. The van der Waals surface area contributed by atoms with Gasteiger partial charge in [0, 0.05) is 61.8 Å². The van der Waals surface area contributed by atoms with E-state index in [1.54, 1.807) is 0 Å². The molecule has 1 saturated carbocycles. The average molecular weight is 823 g/mol. The van der Waals surface area contributed by atoms with E-state index in [9.17, 15) is 30.0 Å². The number of ketones is 2. The summed E-state index contributed by atoms with van der Waals surface area (Å²) in [5.41, 5.74) is 0.350. The lowest BCUT2D eigenvalue weighted by Gasteiger charge is -2.34. The highest BCUT2D eigenvalue weighted by molar-refractivity contribution is 6.32. The average Bonchev–Trinajstić information content (AvgIpc) is 3.20. The molecule has 18 heteroatoms. The van der Waals surface area contributed by atoms with Crippen molar-refractivity contribution in [2.45, 2.75) is 11.8 Å². The van der Waals surface area contributed by atoms with E-state index in [1.807, 2.05) is 9.80 Å². The molecular weight excluding hydrogens is 764 g/mol. The van der Waals surface area contributed by atoms with E-state index in [0.29, 0.717) is 170 Å². The zero-order chi connectivity index (χ0) is 41.0. The van der Waals surface area contributed by atoms with E-state index in [1.165, 1.54) is 24.3 Å². The van der Waals surface area contributed by atoms with Gasteiger partial charge >= 0.3 is 0 Å². The van der Waals surface area contributed by atoms with Crippen molar-refractivity contribution in [1.82, 2.24) is 0 Å². The van der Waals surface area contributed by atoms with Gasteiger partial charge in [0.2, 0.25) is 0 Å². The Labute approximate surface area is 338 Å². The molecule has 3 fully saturated rings. The first-order chi connectivity index (χ1) is 28.4. The van der Waals surface area contributed by atoms with Gasteiger partial charge in [0.1, 0.15) is 34.8 Å². The van der Waals surface area contributed by atoms with Crippen LogP contribution in [0.2, 0.25) is 0 Å². The summed E-state index contributed by atoms with van der Waals surface area (Å²) in [5.74, 6) is -6.20. The van der Waals surface area contributed by atoms with E-state index in [-0.39, 0.29) is 11.1 Å². The van der Waals surface area contributed by atoms with Gasteiger partial charge in [-0.25, -0.2) is 0 Å². The van der Waals surface area contributed by atoms with Crippen molar-refractivity contribution in [3.8, 4) is 23.0 Å². The number of rotatable bonds is 4. The van der Waals surface area contributed by atoms with Gasteiger partial charge in [-0.05, 0) is 0 Å². The van der Waals surface area contributed by atoms with Crippen molar-refractivity contribution in [2.24, 2.45) is 0 Å². The van der Waals surface area contributed by atoms with Gasteiger partial charge in [0.15, 0.2) is 11.6 Å². The Morgan fingerprint density at radius 3 is 0.741 bits per heavy atom. The van der Waals surface area contributed by atoms with Crippen molar-refractivity contribution in [1.29, 1.82) is 0 Å². The number of benzene rings is 2. The van der Waals surface area contributed by atoms with E-state index < -0.39 is 46.4 Å². The molecule has 2 aromatic rings. The summed E-state index contributed by atoms with van der Waals surface area (Å²) in [7, 11) is 0. The SMILES string of the molecule is O=C1C(c2c(O)cc(N3CCOCCOCCOCCOCCOCC3)cc2O)C(=O)C1c1c(O)cc(N2CCOCCOCCOCCOCCOCC2)cc1O. The maximum atomic E-state index is 13.7. The van der Waals surface area contributed by atoms with Crippen LogP contribution in [0.4, 0.5) is 11.4 Å². The van der Waals surface area contributed by atoms with Crippen LogP contribution in [0.5, 0.6) is 23.0 Å². The molecule has 5 rings (SSSR count). The van der Waals surface area contributed by atoms with Crippen LogP contribution < -0.4 is 9.80 Å². The number of carbonyl (C=O) groups excluding carboxylic acids is 2. The first-order valence-electron chi connectivity index (χ1n) is 19.8. The fourth-order valence-corrected chi connectivity index (χ4v) is 6.66. The lowest BCUT2D eigenvalue weighted by atomic mass is 9.65. The molecule has 2 heterocycles. The van der Waals surface area contributed by atoms with Crippen LogP contribution in [-0.4, -0.2) is 190 Å². The molecule has 4 N–H and O–H groups in total. The van der Waals surface area contributed by atoms with Crippen LogP contribution in [0.15, 0.2) is 24.3 Å². The number of ether oxygens (including phenoxy) is 10. The Hall–Kier alpha value is -3.82. The predicted molar refractivity (Wildman–Crippen MR) is 208 cm³/mol. The van der Waals surface area contributed by atoms with E-state index in [2.05, 4.69) is 0 Å². The van der Waals surface area contributed by atoms with Crippen molar-refractivity contribution in [2.75, 3.05) is 168 Å². The molecule has 324 valence electrons. The maximum Gasteiger partial charge on any atom is 0.163 e. The van der Waals surface area contributed by atoms with Gasteiger partial charge in [0.25, 0.3) is 0 Å². The predicted octanol–water partition coefficient (Wildman–Crippen LogP) is 1.33. The molecule has 2 saturated heterocycles. The minimum atomic E-state index is -1.50. The summed E-state index contributed by atoms with van der Waals surface area (Å²) in [6.07, 6.45) is 0. The molecule has 0 bridgehead atoms. The molecule has 0 radical (unpaired) electrons. The number of hydrogen-bond acceptors (Lipinski definition) is 18. The van der Waals surface area contributed by atoms with Crippen molar-refractivity contribution >= 4 is 22.9 Å². The first-order valence-corrected chi connectivity index (χ1v) is 19.8. The molecular formula is C40H58N2O16. The third-order valence-corrected chi connectivity index (χ3v) is 9.69. The number of carbonyl (C=O) groups is 2. The molecule has 3 aliphatic rings. The number of hydrogen-bond donors (Lipinski definition) is 4. The molecule has 0 atom stereocenters. The number of anilines is 2. The van der Waals surface area contributed by atoms with Crippen LogP contribution in [-0.2, 0) is 57.0 Å². The minimum Gasteiger partial charge on any atom is -0.507 e. The summed E-state index contributed by atoms with van der Waals surface area (Å²) in [6, 6.07) is 5.50. The van der Waals surface area contributed by atoms with Crippen molar-refractivity contribution in [3.63, 3.8) is 0 Å². The molecule has 0 unspecified atom stereocenters. The number of nitrogens with zero attached hydrogens (tertiary/aromatic N) is 2. The van der Waals surface area contributed by atoms with Crippen LogP contribution in [0.3, 0.4) is 0 Å². The minimum absolute atomic E-state index is 0.245. The molecule has 2 aromatic carbocycles. The van der Waals surface area contributed by atoms with E-state index in [0.717, 1.165) is 0 Å². The van der Waals surface area contributed by atoms with Crippen LogP contribution in [0, 0.1) is 0 Å². The highest BCUT2D eigenvalue weighted by Gasteiger charge is 2.54. The summed E-state index contributed by atoms with van der Waals surface area (Å²) in [6.45, 7) is 9.21. The Bertz CT molecular complexity index is 1360. The summed E-state index contributed by atoms with van der Waals surface area (Å²) >= 11 is 0. The molecule has 0 aromatic heterocycles. The summed E-state index contributed by atoms with van der Waals surface area (Å²) in [4.78, 5) is 31.0. The number of phenolic OH excluding ortho intramolecular Hbond substituents is 4. The van der Waals surface area contributed by atoms with Gasteiger partial charge < -0.3 is 77.6 Å². The summed E-state index contributed by atoms with van der Waals surface area (Å²) in [5, 5.41) is 44.6. The zero-order valence-corrected chi connectivity index (χ0v) is 33.0. The maximum absolute atomic E-state index is 13.7. The second kappa shape index (κ2) is 25.0. The third kappa shape index (κ3) is 13.6. The molecule has 0 amide bonds. The fourth-order valence-electron chi connectivity index (χ4n) is 6.66. The van der Waals surface area contributed by atoms with Gasteiger partial charge in [0.05, 0.1) is 143 Å². The Morgan fingerprint density at radius 2 is 0.534 bits per heavy atom. The monoisotopic (exact) mass is 822 g/mol. The van der Waals surface area contributed by atoms with Crippen molar-refractivity contribution in [3.05, 3.63) is 35.4 Å². The van der Waals surface area contributed by atoms with Crippen LogP contribution >= 0.6 is 0 Å². The smallest absolute Gasteiger partial charge is 0.163 e. The second-order valence-corrected chi connectivity index (χ2v) is 13.6.